The molecule has 4 rings (SSSR count). The van der Waals surface area contributed by atoms with Crippen molar-refractivity contribution in [2.75, 3.05) is 42.5 Å². The van der Waals surface area contributed by atoms with Crippen molar-refractivity contribution in [3.8, 4) is 0 Å². The summed E-state index contributed by atoms with van der Waals surface area (Å²) in [6, 6.07) is 5.41. The Morgan fingerprint density at radius 2 is 1.89 bits per heavy atom. The van der Waals surface area contributed by atoms with Crippen molar-refractivity contribution < 1.29 is 19.5 Å². The highest BCUT2D eigenvalue weighted by molar-refractivity contribution is 6.09. The third-order valence-electron chi connectivity index (χ3n) is 5.04. The number of piperazine rings is 1. The van der Waals surface area contributed by atoms with Gasteiger partial charge in [-0.1, -0.05) is 0 Å². The number of rotatable bonds is 2. The molecule has 142 valence electrons. The second-order valence-corrected chi connectivity index (χ2v) is 6.66. The third kappa shape index (κ3) is 3.03. The van der Waals surface area contributed by atoms with Crippen LogP contribution in [-0.4, -0.2) is 70.5 Å². The maximum atomic E-state index is 12.1. The quantitative estimate of drug-likeness (QED) is 0.807. The topological polar surface area (TPSA) is 111 Å². The molecule has 2 aliphatic heterocycles. The highest BCUT2D eigenvalue weighted by Crippen LogP contribution is 2.30. The minimum atomic E-state index is -0.889. The van der Waals surface area contributed by atoms with Crippen LogP contribution in [0.2, 0.25) is 0 Å². The molecule has 2 aliphatic rings. The summed E-state index contributed by atoms with van der Waals surface area (Å²) >= 11 is 0. The molecule has 0 radical (unpaired) electrons. The number of nitrogens with one attached hydrogen (secondary N) is 1. The molecular formula is C17H20N6O4. The first-order valence-electron chi connectivity index (χ1n) is 8.75. The van der Waals surface area contributed by atoms with E-state index in [2.05, 4.69) is 15.3 Å². The first-order chi connectivity index (χ1) is 12.9. The molecule has 0 unspecified atom stereocenters. The largest absolute Gasteiger partial charge is 0.465 e. The first kappa shape index (κ1) is 17.1. The second-order valence-electron chi connectivity index (χ2n) is 6.66. The zero-order chi connectivity index (χ0) is 19.1. The number of hydrogen-bond acceptors (Lipinski definition) is 5. The Kier molecular flexibility index (Phi) is 4.09. The van der Waals surface area contributed by atoms with Crippen molar-refractivity contribution in [1.29, 1.82) is 0 Å². The fourth-order valence-electron chi connectivity index (χ4n) is 3.54. The molecule has 2 saturated heterocycles. The number of amides is 4. The highest BCUT2D eigenvalue weighted by atomic mass is 16.4. The van der Waals surface area contributed by atoms with Gasteiger partial charge in [-0.05, 0) is 18.2 Å². The van der Waals surface area contributed by atoms with Crippen molar-refractivity contribution in [2.45, 2.75) is 6.42 Å². The Hall–Kier alpha value is -3.30. The standard InChI is InChI=1S/C17H20N6O4/c1-20-13-10-11(21-6-8-22(9-7-21)17(26)27)2-3-12(13)15(19-20)23-5-4-14(24)18-16(23)25/h2-3,10H,4-9H2,1H3,(H,26,27)(H,18,24,25). The van der Waals surface area contributed by atoms with Gasteiger partial charge in [0.25, 0.3) is 0 Å². The highest BCUT2D eigenvalue weighted by Gasteiger charge is 2.28. The zero-order valence-electron chi connectivity index (χ0n) is 14.9. The summed E-state index contributed by atoms with van der Waals surface area (Å²) < 4.78 is 1.71. The zero-order valence-corrected chi connectivity index (χ0v) is 14.9. The van der Waals surface area contributed by atoms with Crippen LogP contribution in [0.25, 0.3) is 10.9 Å². The Labute approximate surface area is 154 Å². The monoisotopic (exact) mass is 372 g/mol. The van der Waals surface area contributed by atoms with E-state index in [0.717, 1.165) is 16.6 Å². The third-order valence-corrected chi connectivity index (χ3v) is 5.04. The van der Waals surface area contributed by atoms with E-state index < -0.39 is 12.1 Å². The Bertz CT molecular complexity index is 931. The van der Waals surface area contributed by atoms with E-state index in [1.807, 2.05) is 25.2 Å². The fraction of sp³-hybridized carbons (Fsp3) is 0.412. The first-order valence-corrected chi connectivity index (χ1v) is 8.75. The summed E-state index contributed by atoms with van der Waals surface area (Å²) in [6.45, 7) is 2.48. The molecule has 27 heavy (non-hydrogen) atoms. The van der Waals surface area contributed by atoms with E-state index in [1.165, 1.54) is 9.80 Å². The minimum Gasteiger partial charge on any atom is -0.465 e. The smallest absolute Gasteiger partial charge is 0.407 e. The number of fused-ring (bicyclic) bond motifs is 1. The normalized spacial score (nSPS) is 18.2. The van der Waals surface area contributed by atoms with Crippen LogP contribution in [0.1, 0.15) is 6.42 Å². The number of nitrogens with zero attached hydrogens (tertiary/aromatic N) is 5. The predicted octanol–water partition coefficient (Wildman–Crippen LogP) is 0.820. The van der Waals surface area contributed by atoms with Crippen LogP contribution in [0.3, 0.4) is 0 Å². The lowest BCUT2D eigenvalue weighted by Gasteiger charge is -2.34. The number of carboxylic acid groups (broad SMARTS) is 1. The number of benzene rings is 1. The Morgan fingerprint density at radius 1 is 1.15 bits per heavy atom. The summed E-state index contributed by atoms with van der Waals surface area (Å²) in [7, 11) is 1.81. The SMILES string of the molecule is Cn1nc(N2CCC(=O)NC2=O)c2ccc(N3CCN(C(=O)O)CC3)cc21. The molecular weight excluding hydrogens is 352 g/mol. The second kappa shape index (κ2) is 6.45. The van der Waals surface area contributed by atoms with E-state index in [-0.39, 0.29) is 12.3 Å². The van der Waals surface area contributed by atoms with Gasteiger partial charge in [0.15, 0.2) is 5.82 Å². The molecule has 2 aromatic rings. The van der Waals surface area contributed by atoms with Crippen LogP contribution in [0.15, 0.2) is 18.2 Å². The van der Waals surface area contributed by atoms with Gasteiger partial charge in [0.05, 0.1) is 5.52 Å². The maximum absolute atomic E-state index is 12.1. The average molecular weight is 372 g/mol. The minimum absolute atomic E-state index is 0.246. The molecule has 4 amide bonds. The number of urea groups is 1. The number of carbonyl (C=O) groups is 3. The number of hydrogen-bond donors (Lipinski definition) is 2. The molecule has 10 heteroatoms. The van der Waals surface area contributed by atoms with Crippen LogP contribution in [-0.2, 0) is 11.8 Å². The average Bonchev–Trinajstić information content (AvgIpc) is 2.98. The van der Waals surface area contributed by atoms with Crippen LogP contribution in [0, 0.1) is 0 Å². The predicted molar refractivity (Wildman–Crippen MR) is 98.0 cm³/mol. The molecule has 0 atom stereocenters. The van der Waals surface area contributed by atoms with Crippen molar-refractivity contribution >= 4 is 40.4 Å². The molecule has 1 aromatic carbocycles. The van der Waals surface area contributed by atoms with Crippen molar-refractivity contribution in [3.05, 3.63) is 18.2 Å². The van der Waals surface area contributed by atoms with Crippen LogP contribution in [0.4, 0.5) is 21.1 Å². The Morgan fingerprint density at radius 3 is 2.56 bits per heavy atom. The van der Waals surface area contributed by atoms with Crippen LogP contribution < -0.4 is 15.1 Å². The summed E-state index contributed by atoms with van der Waals surface area (Å²) in [5.74, 6) is 0.249. The maximum Gasteiger partial charge on any atom is 0.407 e. The molecule has 3 heterocycles. The van der Waals surface area contributed by atoms with Gasteiger partial charge in [-0.3, -0.25) is 19.7 Å². The summed E-state index contributed by atoms with van der Waals surface area (Å²) in [4.78, 5) is 39.6. The Balaban J connectivity index is 1.61. The van der Waals surface area contributed by atoms with Gasteiger partial charge in [-0.2, -0.15) is 5.10 Å². The molecule has 0 saturated carbocycles. The molecule has 0 aliphatic carbocycles. The number of aryl methyl sites for hydroxylation is 1. The van der Waals surface area contributed by atoms with Crippen LogP contribution >= 0.6 is 0 Å². The lowest BCUT2D eigenvalue weighted by atomic mass is 10.2. The summed E-state index contributed by atoms with van der Waals surface area (Å²) in [5, 5.41) is 16.7. The van der Waals surface area contributed by atoms with Crippen molar-refractivity contribution in [2.24, 2.45) is 7.05 Å². The van der Waals surface area contributed by atoms with Gasteiger partial charge < -0.3 is 14.9 Å². The van der Waals surface area contributed by atoms with Gasteiger partial charge in [-0.15, -0.1) is 0 Å². The molecule has 10 nitrogen and oxygen atoms in total. The van der Waals surface area contributed by atoms with E-state index in [0.29, 0.717) is 38.5 Å². The molecule has 0 spiro atoms. The van der Waals surface area contributed by atoms with Gasteiger partial charge >= 0.3 is 12.1 Å². The summed E-state index contributed by atoms with van der Waals surface area (Å²) in [6.07, 6.45) is -0.643. The van der Waals surface area contributed by atoms with Gasteiger partial charge in [-0.25, -0.2) is 9.59 Å². The number of aromatic nitrogens is 2. The van der Waals surface area contributed by atoms with Gasteiger partial charge in [0.1, 0.15) is 0 Å². The number of carbonyl (C=O) groups excluding carboxylic acids is 2. The van der Waals surface area contributed by atoms with Crippen LogP contribution in [0.5, 0.6) is 0 Å². The van der Waals surface area contributed by atoms with Crippen molar-refractivity contribution in [3.63, 3.8) is 0 Å². The molecule has 1 aromatic heterocycles. The van der Waals surface area contributed by atoms with Crippen molar-refractivity contribution in [1.82, 2.24) is 20.0 Å². The van der Waals surface area contributed by atoms with E-state index in [9.17, 15) is 14.4 Å². The van der Waals surface area contributed by atoms with Gasteiger partial charge in [0, 0.05) is 57.3 Å². The van der Waals surface area contributed by atoms with E-state index in [4.69, 9.17) is 5.11 Å². The summed E-state index contributed by atoms with van der Waals surface area (Å²) in [5.41, 5.74) is 1.85. The molecule has 0 bridgehead atoms. The number of imide groups is 1. The van der Waals surface area contributed by atoms with Gasteiger partial charge in [0.2, 0.25) is 5.91 Å². The van der Waals surface area contributed by atoms with E-state index in [1.54, 1.807) is 4.68 Å². The molecule has 2 fully saturated rings. The lowest BCUT2D eigenvalue weighted by Crippen LogP contribution is -2.49. The molecule has 2 N–H and O–H groups in total. The fourth-order valence-corrected chi connectivity index (χ4v) is 3.54. The van der Waals surface area contributed by atoms with E-state index >= 15 is 0 Å². The lowest BCUT2D eigenvalue weighted by molar-refractivity contribution is -0.120. The number of anilines is 2.